The Morgan fingerprint density at radius 3 is 2.17 bits per heavy atom. The van der Waals surface area contributed by atoms with Crippen LogP contribution in [0.5, 0.6) is 0 Å². The molecule has 1 N–H and O–H groups in total. The number of hydrogen-bond donors (Lipinski definition) is 1. The van der Waals surface area contributed by atoms with E-state index in [1.807, 2.05) is 29.2 Å². The smallest absolute Gasteiger partial charge is 0.408 e. The van der Waals surface area contributed by atoms with Gasteiger partial charge in [0.05, 0.1) is 0 Å². The van der Waals surface area contributed by atoms with Gasteiger partial charge >= 0.3 is 6.09 Å². The van der Waals surface area contributed by atoms with Crippen LogP contribution in [0.25, 0.3) is 0 Å². The Morgan fingerprint density at radius 2 is 1.59 bits per heavy atom. The molecular weight excluding hydrogens is 438 g/mol. The zero-order valence-electron chi connectivity index (χ0n) is 17.4. The Morgan fingerprint density at radius 1 is 1.00 bits per heavy atom. The second-order valence-corrected chi connectivity index (χ2v) is 9.01. The molecule has 0 spiro atoms. The van der Waals surface area contributed by atoms with Crippen LogP contribution in [-0.2, 0) is 20.7 Å². The minimum absolute atomic E-state index is 0.105. The van der Waals surface area contributed by atoms with Gasteiger partial charge in [0.25, 0.3) is 0 Å². The molecule has 3 amide bonds. The van der Waals surface area contributed by atoms with Crippen molar-refractivity contribution in [3.05, 3.63) is 34.3 Å². The maximum Gasteiger partial charge on any atom is 0.408 e. The highest BCUT2D eigenvalue weighted by Gasteiger charge is 2.23. The van der Waals surface area contributed by atoms with E-state index in [2.05, 4.69) is 21.2 Å². The summed E-state index contributed by atoms with van der Waals surface area (Å²) in [6, 6.07) is 7.97. The highest BCUT2D eigenvalue weighted by molar-refractivity contribution is 9.10. The molecule has 160 valence electrons. The van der Waals surface area contributed by atoms with Crippen LogP contribution < -0.4 is 5.32 Å². The lowest BCUT2D eigenvalue weighted by Gasteiger charge is -2.23. The maximum absolute atomic E-state index is 12.6. The highest BCUT2D eigenvalue weighted by atomic mass is 79.9. The number of alkyl carbamates (subject to hydrolysis) is 1. The Balaban J connectivity index is 1.75. The number of nitrogens with zero attached hydrogens (tertiary/aromatic N) is 2. The molecule has 1 aliphatic rings. The lowest BCUT2D eigenvalue weighted by Crippen LogP contribution is -2.43. The zero-order chi connectivity index (χ0) is 21.4. The fraction of sp³-hybridized carbons (Fsp3) is 0.571. The van der Waals surface area contributed by atoms with Crippen molar-refractivity contribution in [1.82, 2.24) is 15.1 Å². The summed E-state index contributed by atoms with van der Waals surface area (Å²) in [7, 11) is 0. The number of aryl methyl sites for hydroxylation is 1. The number of hydrogen-bond acceptors (Lipinski definition) is 4. The summed E-state index contributed by atoms with van der Waals surface area (Å²) in [6.07, 6.45) is 1.27. The van der Waals surface area contributed by atoms with E-state index in [1.54, 1.807) is 25.7 Å². The Kier molecular flexibility index (Phi) is 8.49. The largest absolute Gasteiger partial charge is 0.444 e. The number of ether oxygens (including phenoxy) is 1. The molecule has 2 rings (SSSR count). The van der Waals surface area contributed by atoms with E-state index in [1.165, 1.54) is 0 Å². The molecule has 1 aromatic rings. The normalized spacial score (nSPS) is 14.9. The van der Waals surface area contributed by atoms with Crippen molar-refractivity contribution >= 4 is 33.8 Å². The molecule has 0 radical (unpaired) electrons. The highest BCUT2D eigenvalue weighted by Crippen LogP contribution is 2.13. The summed E-state index contributed by atoms with van der Waals surface area (Å²) in [5, 5.41) is 2.50. The predicted molar refractivity (Wildman–Crippen MR) is 114 cm³/mol. The average molecular weight is 468 g/mol. The molecule has 0 aliphatic carbocycles. The van der Waals surface area contributed by atoms with Gasteiger partial charge in [0.2, 0.25) is 11.8 Å². The molecule has 0 bridgehead atoms. The number of benzene rings is 1. The number of carbonyl (C=O) groups is 3. The fourth-order valence-electron chi connectivity index (χ4n) is 3.05. The van der Waals surface area contributed by atoms with Gasteiger partial charge in [-0.15, -0.1) is 0 Å². The molecule has 0 saturated carbocycles. The Labute approximate surface area is 180 Å². The third-order valence-corrected chi connectivity index (χ3v) is 5.05. The molecule has 7 nitrogen and oxygen atoms in total. The van der Waals surface area contributed by atoms with Crippen molar-refractivity contribution in [2.45, 2.75) is 45.6 Å². The summed E-state index contributed by atoms with van der Waals surface area (Å²) < 4.78 is 6.16. The molecule has 0 aromatic heterocycles. The van der Waals surface area contributed by atoms with Crippen LogP contribution in [0.2, 0.25) is 0 Å². The lowest BCUT2D eigenvalue weighted by molar-refractivity contribution is -0.133. The van der Waals surface area contributed by atoms with E-state index in [4.69, 9.17) is 4.74 Å². The topological polar surface area (TPSA) is 79.0 Å². The second-order valence-electron chi connectivity index (χ2n) is 8.10. The second kappa shape index (κ2) is 10.6. The van der Waals surface area contributed by atoms with Crippen LogP contribution in [-0.4, -0.2) is 66.0 Å². The first-order valence-corrected chi connectivity index (χ1v) is 10.7. The lowest BCUT2D eigenvalue weighted by atomic mass is 10.1. The summed E-state index contributed by atoms with van der Waals surface area (Å²) in [6.45, 7) is 7.40. The number of carbonyl (C=O) groups excluding carboxylic acids is 3. The first-order valence-electron chi connectivity index (χ1n) is 9.91. The number of amides is 3. The molecule has 1 fully saturated rings. The molecule has 1 saturated heterocycles. The quantitative estimate of drug-likeness (QED) is 0.721. The van der Waals surface area contributed by atoms with Gasteiger partial charge in [0.15, 0.2) is 0 Å². The van der Waals surface area contributed by atoms with Crippen molar-refractivity contribution in [1.29, 1.82) is 0 Å². The van der Waals surface area contributed by atoms with Crippen LogP contribution in [0.1, 0.15) is 39.2 Å². The van der Waals surface area contributed by atoms with Crippen LogP contribution in [0, 0.1) is 0 Å². The van der Waals surface area contributed by atoms with Crippen molar-refractivity contribution in [2.24, 2.45) is 0 Å². The number of rotatable bonds is 5. The van der Waals surface area contributed by atoms with Gasteiger partial charge in [-0.05, 0) is 51.3 Å². The molecule has 1 heterocycles. The average Bonchev–Trinajstić information content (AvgIpc) is 2.90. The monoisotopic (exact) mass is 467 g/mol. The minimum Gasteiger partial charge on any atom is -0.444 e. The molecule has 1 aliphatic heterocycles. The van der Waals surface area contributed by atoms with Crippen LogP contribution in [0.15, 0.2) is 28.7 Å². The summed E-state index contributed by atoms with van der Waals surface area (Å²) in [4.78, 5) is 40.2. The van der Waals surface area contributed by atoms with E-state index in [-0.39, 0.29) is 18.4 Å². The van der Waals surface area contributed by atoms with E-state index in [0.717, 1.165) is 16.5 Å². The molecule has 8 heteroatoms. The van der Waals surface area contributed by atoms with E-state index in [0.29, 0.717) is 39.0 Å². The fourth-order valence-corrected chi connectivity index (χ4v) is 3.31. The van der Waals surface area contributed by atoms with Gasteiger partial charge in [-0.1, -0.05) is 28.1 Å². The van der Waals surface area contributed by atoms with Crippen molar-refractivity contribution in [2.75, 3.05) is 32.7 Å². The first-order chi connectivity index (χ1) is 13.6. The van der Waals surface area contributed by atoms with Crippen molar-refractivity contribution in [3.63, 3.8) is 0 Å². The van der Waals surface area contributed by atoms with Gasteiger partial charge in [-0.25, -0.2) is 4.79 Å². The molecule has 29 heavy (non-hydrogen) atoms. The van der Waals surface area contributed by atoms with Gasteiger partial charge in [0, 0.05) is 37.1 Å². The van der Waals surface area contributed by atoms with E-state index in [9.17, 15) is 14.4 Å². The van der Waals surface area contributed by atoms with E-state index >= 15 is 0 Å². The zero-order valence-corrected chi connectivity index (χ0v) is 19.0. The van der Waals surface area contributed by atoms with Gasteiger partial charge < -0.3 is 19.9 Å². The summed E-state index contributed by atoms with van der Waals surface area (Å²) >= 11 is 3.41. The van der Waals surface area contributed by atoms with E-state index < -0.39 is 11.7 Å². The SMILES string of the molecule is CC(C)(C)OC(=O)NCC(=O)N1CCCN(C(=O)CCc2ccc(Br)cc2)CC1. The van der Waals surface area contributed by atoms with Crippen molar-refractivity contribution in [3.8, 4) is 0 Å². The van der Waals surface area contributed by atoms with Crippen LogP contribution >= 0.6 is 15.9 Å². The van der Waals surface area contributed by atoms with Gasteiger partial charge in [0.1, 0.15) is 12.1 Å². The number of nitrogens with one attached hydrogen (secondary N) is 1. The van der Waals surface area contributed by atoms with Gasteiger partial charge in [-0.2, -0.15) is 0 Å². The number of halogens is 1. The predicted octanol–water partition coefficient (Wildman–Crippen LogP) is 2.97. The summed E-state index contributed by atoms with van der Waals surface area (Å²) in [5.74, 6) is -0.0610. The molecule has 1 aromatic carbocycles. The van der Waals surface area contributed by atoms with Crippen LogP contribution in [0.4, 0.5) is 4.79 Å². The third-order valence-electron chi connectivity index (χ3n) is 4.52. The van der Waals surface area contributed by atoms with Crippen molar-refractivity contribution < 1.29 is 19.1 Å². The van der Waals surface area contributed by atoms with Gasteiger partial charge in [-0.3, -0.25) is 9.59 Å². The Bertz CT molecular complexity index is 716. The molecule has 0 unspecified atom stereocenters. The first kappa shape index (κ1) is 23.2. The maximum atomic E-state index is 12.6. The summed E-state index contributed by atoms with van der Waals surface area (Å²) in [5.41, 5.74) is 0.522. The molecular formula is C21H30BrN3O4. The Hall–Kier alpha value is -2.09. The minimum atomic E-state index is -0.606. The third kappa shape index (κ3) is 8.43. The van der Waals surface area contributed by atoms with Crippen LogP contribution in [0.3, 0.4) is 0 Å². The standard InChI is InChI=1S/C21H30BrN3O4/c1-21(2,3)29-20(28)23-15-19(27)25-12-4-11-24(13-14-25)18(26)10-7-16-5-8-17(22)9-6-16/h5-6,8-9H,4,7,10-15H2,1-3H3,(H,23,28). The molecule has 0 atom stereocenters.